The van der Waals surface area contributed by atoms with Gasteiger partial charge in [0.2, 0.25) is 0 Å². The Labute approximate surface area is 309 Å². The van der Waals surface area contributed by atoms with Gasteiger partial charge in [-0.15, -0.1) is 0 Å². The highest BCUT2D eigenvalue weighted by Crippen LogP contribution is 2.22. The zero-order chi connectivity index (χ0) is 37.0. The lowest BCUT2D eigenvalue weighted by molar-refractivity contribution is -0.354. The fourth-order valence-corrected chi connectivity index (χ4v) is 5.82. The number of hydrogen-bond acceptors (Lipinski definition) is 8. The van der Waals surface area contributed by atoms with E-state index in [2.05, 4.69) is 27.7 Å². The Morgan fingerprint density at radius 1 is 0.340 bits per heavy atom. The van der Waals surface area contributed by atoms with Crippen LogP contribution in [0.2, 0.25) is 0 Å². The van der Waals surface area contributed by atoms with Crippen LogP contribution in [0.15, 0.2) is 0 Å². The van der Waals surface area contributed by atoms with E-state index in [0.717, 1.165) is 51.4 Å². The van der Waals surface area contributed by atoms with E-state index in [9.17, 15) is 9.59 Å². The fourth-order valence-electron chi connectivity index (χ4n) is 5.82. The summed E-state index contributed by atoms with van der Waals surface area (Å²) >= 11 is 0. The summed E-state index contributed by atoms with van der Waals surface area (Å²) in [6.07, 6.45) is 28.9. The van der Waals surface area contributed by atoms with Crippen LogP contribution in [0.3, 0.4) is 0 Å². The van der Waals surface area contributed by atoms with Crippen LogP contribution in [0.4, 0.5) is 0 Å². The standard InChI is InChI=1S/C42H82O8/c1-7-11-15-19-23-29-35-45-41(5,46-36-30-24-20-16-12-8-2)49-39(43)33-27-28-34-40(44)50-42(6,47-37-31-25-21-17-13-9-3)48-38-32-26-22-18-14-10-4/h7-38H2,1-6H3. The van der Waals surface area contributed by atoms with Crippen molar-refractivity contribution in [2.75, 3.05) is 26.4 Å². The molecule has 0 bridgehead atoms. The van der Waals surface area contributed by atoms with E-state index in [-0.39, 0.29) is 24.8 Å². The van der Waals surface area contributed by atoms with Gasteiger partial charge in [-0.25, -0.2) is 0 Å². The van der Waals surface area contributed by atoms with E-state index in [1.54, 1.807) is 13.8 Å². The summed E-state index contributed by atoms with van der Waals surface area (Å²) in [5.41, 5.74) is 0. The van der Waals surface area contributed by atoms with Gasteiger partial charge in [-0.1, -0.05) is 156 Å². The summed E-state index contributed by atoms with van der Waals surface area (Å²) in [6.45, 7) is 14.2. The SMILES string of the molecule is CCCCCCCCOC(C)(OCCCCCCCC)OC(=O)CCCCC(=O)OC(C)(OCCCCCCCC)OCCCCCCCC. The summed E-state index contributed by atoms with van der Waals surface area (Å²) < 4.78 is 35.5. The molecule has 298 valence electrons. The molecule has 0 aliphatic heterocycles. The molecule has 0 saturated carbocycles. The van der Waals surface area contributed by atoms with E-state index in [1.165, 1.54) is 103 Å². The van der Waals surface area contributed by atoms with E-state index in [0.29, 0.717) is 39.3 Å². The number of carbonyl (C=O) groups is 2. The largest absolute Gasteiger partial charge is 0.408 e. The molecule has 0 atom stereocenters. The maximum absolute atomic E-state index is 12.9. The molecule has 8 heteroatoms. The van der Waals surface area contributed by atoms with Crippen LogP contribution < -0.4 is 0 Å². The van der Waals surface area contributed by atoms with Gasteiger partial charge in [-0.05, 0) is 38.5 Å². The highest BCUT2D eigenvalue weighted by atomic mass is 16.9. The Balaban J connectivity index is 4.77. The van der Waals surface area contributed by atoms with Gasteiger partial charge in [0.25, 0.3) is 0 Å². The van der Waals surface area contributed by atoms with Crippen molar-refractivity contribution in [3.63, 3.8) is 0 Å². The average molecular weight is 715 g/mol. The predicted molar refractivity (Wildman–Crippen MR) is 205 cm³/mol. The molecule has 0 unspecified atom stereocenters. The minimum atomic E-state index is -1.40. The molecule has 0 aromatic carbocycles. The lowest BCUT2D eigenvalue weighted by Gasteiger charge is -2.29. The second-order valence-electron chi connectivity index (χ2n) is 14.3. The lowest BCUT2D eigenvalue weighted by Crippen LogP contribution is -2.39. The Hall–Kier alpha value is -1.22. The first-order valence-corrected chi connectivity index (χ1v) is 21.2. The first-order chi connectivity index (χ1) is 24.2. The number of ether oxygens (including phenoxy) is 6. The number of unbranched alkanes of at least 4 members (excludes halogenated alkanes) is 21. The van der Waals surface area contributed by atoms with Crippen LogP contribution in [0, 0.1) is 0 Å². The highest BCUT2D eigenvalue weighted by molar-refractivity contribution is 5.71. The molecular weight excluding hydrogens is 632 g/mol. The molecule has 0 N–H and O–H groups in total. The molecule has 0 rings (SSSR count). The zero-order valence-electron chi connectivity index (χ0n) is 33.9. The van der Waals surface area contributed by atoms with Gasteiger partial charge in [0.15, 0.2) is 0 Å². The molecule has 0 aliphatic rings. The zero-order valence-corrected chi connectivity index (χ0v) is 33.9. The summed E-state index contributed by atoms with van der Waals surface area (Å²) in [4.78, 5) is 25.7. The maximum atomic E-state index is 12.9. The molecule has 0 heterocycles. The van der Waals surface area contributed by atoms with Gasteiger partial charge in [0, 0.05) is 26.7 Å². The first kappa shape index (κ1) is 48.8. The van der Waals surface area contributed by atoms with E-state index in [4.69, 9.17) is 28.4 Å². The van der Waals surface area contributed by atoms with Gasteiger partial charge in [-0.3, -0.25) is 9.59 Å². The Bertz CT molecular complexity index is 660. The summed E-state index contributed by atoms with van der Waals surface area (Å²) in [7, 11) is 0. The van der Waals surface area contributed by atoms with Crippen molar-refractivity contribution in [3.8, 4) is 0 Å². The van der Waals surface area contributed by atoms with Gasteiger partial charge in [0.1, 0.15) is 0 Å². The van der Waals surface area contributed by atoms with E-state index in [1.807, 2.05) is 0 Å². The van der Waals surface area contributed by atoms with Crippen LogP contribution >= 0.6 is 0 Å². The van der Waals surface area contributed by atoms with Gasteiger partial charge in [-0.2, -0.15) is 0 Å². The highest BCUT2D eigenvalue weighted by Gasteiger charge is 2.32. The van der Waals surface area contributed by atoms with Gasteiger partial charge in [0.05, 0.1) is 26.4 Å². The summed E-state index contributed by atoms with van der Waals surface area (Å²) in [5, 5.41) is 0. The summed E-state index contributed by atoms with van der Waals surface area (Å²) in [6, 6.07) is 0. The first-order valence-electron chi connectivity index (χ1n) is 21.2. The molecule has 0 aromatic rings. The summed E-state index contributed by atoms with van der Waals surface area (Å²) in [5.74, 6) is -3.57. The van der Waals surface area contributed by atoms with Crippen molar-refractivity contribution in [3.05, 3.63) is 0 Å². The Morgan fingerprint density at radius 3 is 0.800 bits per heavy atom. The molecule has 0 amide bonds. The topological polar surface area (TPSA) is 89.5 Å². The molecule has 0 spiro atoms. The lowest BCUT2D eigenvalue weighted by atomic mass is 10.1. The van der Waals surface area contributed by atoms with Crippen molar-refractivity contribution in [2.24, 2.45) is 0 Å². The van der Waals surface area contributed by atoms with Crippen molar-refractivity contribution in [2.45, 2.75) is 233 Å². The van der Waals surface area contributed by atoms with Gasteiger partial charge >= 0.3 is 23.9 Å². The predicted octanol–water partition coefficient (Wildman–Crippen LogP) is 12.5. The molecule has 0 aliphatic carbocycles. The minimum Gasteiger partial charge on any atom is -0.408 e. The molecule has 0 radical (unpaired) electrons. The quantitative estimate of drug-likeness (QED) is 0.0353. The van der Waals surface area contributed by atoms with E-state index >= 15 is 0 Å². The molecular formula is C42H82O8. The smallest absolute Gasteiger partial charge is 0.326 e. The van der Waals surface area contributed by atoms with Crippen LogP contribution in [-0.4, -0.2) is 50.3 Å². The third-order valence-electron chi connectivity index (χ3n) is 9.06. The number of carbonyl (C=O) groups excluding carboxylic acids is 2. The normalized spacial score (nSPS) is 12.0. The second kappa shape index (κ2) is 34.8. The third-order valence-corrected chi connectivity index (χ3v) is 9.06. The second-order valence-corrected chi connectivity index (χ2v) is 14.3. The van der Waals surface area contributed by atoms with Crippen molar-refractivity contribution in [1.82, 2.24) is 0 Å². The molecule has 0 saturated heterocycles. The van der Waals surface area contributed by atoms with Gasteiger partial charge < -0.3 is 28.4 Å². The molecule has 8 nitrogen and oxygen atoms in total. The third kappa shape index (κ3) is 31.5. The van der Waals surface area contributed by atoms with Crippen LogP contribution in [-0.2, 0) is 38.0 Å². The van der Waals surface area contributed by atoms with Crippen molar-refractivity contribution >= 4 is 11.9 Å². The Morgan fingerprint density at radius 2 is 0.560 bits per heavy atom. The fraction of sp³-hybridized carbons (Fsp3) is 0.952. The minimum absolute atomic E-state index is 0.171. The molecule has 0 fully saturated rings. The number of esters is 2. The van der Waals surface area contributed by atoms with Crippen LogP contribution in [0.5, 0.6) is 0 Å². The van der Waals surface area contributed by atoms with Crippen LogP contribution in [0.1, 0.15) is 221 Å². The number of rotatable bonds is 39. The Kier molecular flexibility index (Phi) is 34.0. The van der Waals surface area contributed by atoms with E-state index < -0.39 is 11.9 Å². The molecule has 50 heavy (non-hydrogen) atoms. The number of hydrogen-bond donors (Lipinski definition) is 0. The molecule has 0 aromatic heterocycles. The average Bonchev–Trinajstić information content (AvgIpc) is 3.08. The monoisotopic (exact) mass is 715 g/mol. The van der Waals surface area contributed by atoms with Crippen LogP contribution in [0.25, 0.3) is 0 Å². The van der Waals surface area contributed by atoms with Crippen molar-refractivity contribution in [1.29, 1.82) is 0 Å². The maximum Gasteiger partial charge on any atom is 0.326 e. The van der Waals surface area contributed by atoms with Crippen molar-refractivity contribution < 1.29 is 38.0 Å².